The Kier molecular flexibility index (Phi) is 5.32. The van der Waals surface area contributed by atoms with Gasteiger partial charge in [-0.1, -0.05) is 23.9 Å². The topological polar surface area (TPSA) is 116 Å². The molecule has 0 aliphatic rings. The third kappa shape index (κ3) is 4.09. The van der Waals surface area contributed by atoms with Crippen molar-refractivity contribution < 1.29 is 14.1 Å². The van der Waals surface area contributed by atoms with E-state index in [2.05, 4.69) is 15.5 Å². The first-order valence-corrected chi connectivity index (χ1v) is 8.60. The van der Waals surface area contributed by atoms with Crippen LogP contribution in [0.1, 0.15) is 11.3 Å². The molecule has 0 bridgehead atoms. The van der Waals surface area contributed by atoms with Crippen molar-refractivity contribution in [2.24, 2.45) is 0 Å². The maximum atomic E-state index is 12.2. The Labute approximate surface area is 152 Å². The Bertz CT molecular complexity index is 923. The molecule has 2 heterocycles. The maximum Gasteiger partial charge on any atom is 0.293 e. The van der Waals surface area contributed by atoms with E-state index in [1.165, 1.54) is 17.8 Å². The number of hydrogen-bond donors (Lipinski definition) is 1. The zero-order valence-corrected chi connectivity index (χ0v) is 14.6. The fraction of sp³-hybridized carbons (Fsp3) is 0.188. The first-order chi connectivity index (χ1) is 12.5. The van der Waals surface area contributed by atoms with Gasteiger partial charge in [0.1, 0.15) is 17.8 Å². The number of furan rings is 1. The van der Waals surface area contributed by atoms with E-state index in [4.69, 9.17) is 4.42 Å². The number of carbonyl (C=O) groups excluding carboxylic acids is 1. The van der Waals surface area contributed by atoms with Gasteiger partial charge in [0.25, 0.3) is 5.69 Å². The molecule has 3 rings (SSSR count). The van der Waals surface area contributed by atoms with E-state index in [0.29, 0.717) is 17.3 Å². The average molecular weight is 373 g/mol. The number of carbonyl (C=O) groups is 1. The third-order valence-electron chi connectivity index (χ3n) is 3.53. The normalized spacial score (nSPS) is 10.7. The SMILES string of the molecule is Cc1cccc([N+](=O)[O-])c1NC(=O)CSc1nncn1Cc1ccco1. The van der Waals surface area contributed by atoms with Crippen LogP contribution in [0.15, 0.2) is 52.5 Å². The number of nitro groups is 1. The molecule has 1 amide bonds. The van der Waals surface area contributed by atoms with Crippen LogP contribution in [0.2, 0.25) is 0 Å². The molecule has 1 aromatic carbocycles. The van der Waals surface area contributed by atoms with E-state index < -0.39 is 4.92 Å². The van der Waals surface area contributed by atoms with Gasteiger partial charge in [-0.05, 0) is 24.6 Å². The average Bonchev–Trinajstić information content (AvgIpc) is 3.27. The lowest BCUT2D eigenvalue weighted by molar-refractivity contribution is -0.384. The highest BCUT2D eigenvalue weighted by Crippen LogP contribution is 2.28. The highest BCUT2D eigenvalue weighted by molar-refractivity contribution is 7.99. The van der Waals surface area contributed by atoms with Crippen LogP contribution < -0.4 is 5.32 Å². The summed E-state index contributed by atoms with van der Waals surface area (Å²) in [4.78, 5) is 22.8. The molecule has 9 nitrogen and oxygen atoms in total. The summed E-state index contributed by atoms with van der Waals surface area (Å²) in [6.45, 7) is 2.16. The first kappa shape index (κ1) is 17.7. The van der Waals surface area contributed by atoms with Gasteiger partial charge in [-0.2, -0.15) is 0 Å². The van der Waals surface area contributed by atoms with Crippen LogP contribution in [0, 0.1) is 17.0 Å². The summed E-state index contributed by atoms with van der Waals surface area (Å²) in [5, 5.41) is 22.1. The van der Waals surface area contributed by atoms with Crippen LogP contribution in [0.3, 0.4) is 0 Å². The molecule has 0 radical (unpaired) electrons. The number of nitrogens with zero attached hydrogens (tertiary/aromatic N) is 4. The number of anilines is 1. The summed E-state index contributed by atoms with van der Waals surface area (Å²) in [5.41, 5.74) is 0.697. The molecule has 3 aromatic rings. The molecule has 0 aliphatic carbocycles. The van der Waals surface area contributed by atoms with Gasteiger partial charge in [0.05, 0.1) is 23.5 Å². The zero-order chi connectivity index (χ0) is 18.5. The predicted molar refractivity (Wildman–Crippen MR) is 95.0 cm³/mol. The van der Waals surface area contributed by atoms with Gasteiger partial charge < -0.3 is 14.3 Å². The highest BCUT2D eigenvalue weighted by Gasteiger charge is 2.18. The minimum absolute atomic E-state index is 0.0440. The van der Waals surface area contributed by atoms with Crippen LogP contribution in [0.25, 0.3) is 0 Å². The molecule has 0 unspecified atom stereocenters. The van der Waals surface area contributed by atoms with Crippen molar-refractivity contribution in [3.63, 3.8) is 0 Å². The van der Waals surface area contributed by atoms with Crippen molar-refractivity contribution >= 4 is 29.0 Å². The molecule has 0 aliphatic heterocycles. The van der Waals surface area contributed by atoms with Gasteiger partial charge in [-0.15, -0.1) is 10.2 Å². The fourth-order valence-corrected chi connectivity index (χ4v) is 3.02. The highest BCUT2D eigenvalue weighted by atomic mass is 32.2. The van der Waals surface area contributed by atoms with Gasteiger partial charge in [0.2, 0.25) is 5.91 Å². The lowest BCUT2D eigenvalue weighted by Crippen LogP contribution is -2.16. The van der Waals surface area contributed by atoms with Crippen molar-refractivity contribution in [3.8, 4) is 0 Å². The van der Waals surface area contributed by atoms with Crippen molar-refractivity contribution in [1.82, 2.24) is 14.8 Å². The monoisotopic (exact) mass is 373 g/mol. The van der Waals surface area contributed by atoms with Crippen molar-refractivity contribution in [1.29, 1.82) is 0 Å². The van der Waals surface area contributed by atoms with Gasteiger partial charge in [-0.25, -0.2) is 0 Å². The molecule has 0 saturated carbocycles. The van der Waals surface area contributed by atoms with Gasteiger partial charge in [0, 0.05) is 6.07 Å². The first-order valence-electron chi connectivity index (χ1n) is 7.61. The Balaban J connectivity index is 1.64. The number of thioether (sulfide) groups is 1. The minimum Gasteiger partial charge on any atom is -0.467 e. The minimum atomic E-state index is -0.518. The largest absolute Gasteiger partial charge is 0.467 e. The van der Waals surface area contributed by atoms with E-state index in [9.17, 15) is 14.9 Å². The van der Waals surface area contributed by atoms with E-state index in [1.54, 1.807) is 42.3 Å². The third-order valence-corrected chi connectivity index (χ3v) is 4.51. The van der Waals surface area contributed by atoms with Crippen LogP contribution in [-0.2, 0) is 11.3 Å². The van der Waals surface area contributed by atoms with E-state index in [1.807, 2.05) is 6.07 Å². The molecule has 2 aromatic heterocycles. The number of aryl methyl sites for hydroxylation is 1. The maximum absolute atomic E-state index is 12.2. The Morgan fingerprint density at radius 2 is 2.23 bits per heavy atom. The molecule has 10 heteroatoms. The number of para-hydroxylation sites is 1. The van der Waals surface area contributed by atoms with Crippen LogP contribution in [0.4, 0.5) is 11.4 Å². The van der Waals surface area contributed by atoms with Gasteiger partial charge in [-0.3, -0.25) is 14.9 Å². The summed E-state index contributed by atoms with van der Waals surface area (Å²) in [7, 11) is 0. The summed E-state index contributed by atoms with van der Waals surface area (Å²) in [5.74, 6) is 0.425. The number of nitro benzene ring substituents is 1. The molecule has 1 N–H and O–H groups in total. The zero-order valence-electron chi connectivity index (χ0n) is 13.8. The van der Waals surface area contributed by atoms with Crippen molar-refractivity contribution in [2.45, 2.75) is 18.6 Å². The quantitative estimate of drug-likeness (QED) is 0.384. The molecule has 0 spiro atoms. The molecule has 26 heavy (non-hydrogen) atoms. The number of benzene rings is 1. The van der Waals surface area contributed by atoms with Crippen molar-refractivity contribution in [2.75, 3.05) is 11.1 Å². The van der Waals surface area contributed by atoms with E-state index in [-0.39, 0.29) is 23.0 Å². The summed E-state index contributed by atoms with van der Waals surface area (Å²) < 4.78 is 7.04. The molecule has 0 atom stereocenters. The Hall–Kier alpha value is -3.14. The predicted octanol–water partition coefficient (Wildman–Crippen LogP) is 2.87. The number of rotatable bonds is 7. The molecule has 0 fully saturated rings. The Morgan fingerprint density at radius 1 is 1.38 bits per heavy atom. The Morgan fingerprint density at radius 3 is 2.96 bits per heavy atom. The standard InChI is InChI=1S/C16H15N5O4S/c1-11-4-2-6-13(21(23)24)15(11)18-14(22)9-26-16-19-17-10-20(16)8-12-5-3-7-25-12/h2-7,10H,8-9H2,1H3,(H,18,22). The smallest absolute Gasteiger partial charge is 0.293 e. The van der Waals surface area contributed by atoms with Gasteiger partial charge >= 0.3 is 0 Å². The lowest BCUT2D eigenvalue weighted by Gasteiger charge is -2.09. The molecular weight excluding hydrogens is 358 g/mol. The summed E-state index contributed by atoms with van der Waals surface area (Å²) >= 11 is 1.19. The fourth-order valence-electron chi connectivity index (χ4n) is 2.31. The molecule has 134 valence electrons. The second kappa shape index (κ2) is 7.83. The number of amides is 1. The second-order valence-electron chi connectivity index (χ2n) is 5.38. The molecular formula is C16H15N5O4S. The van der Waals surface area contributed by atoms with Crippen LogP contribution >= 0.6 is 11.8 Å². The van der Waals surface area contributed by atoms with Crippen LogP contribution in [-0.4, -0.2) is 31.3 Å². The number of nitrogens with one attached hydrogen (secondary N) is 1. The summed E-state index contributed by atoms with van der Waals surface area (Å²) in [6, 6.07) is 8.26. The summed E-state index contributed by atoms with van der Waals surface area (Å²) in [6.07, 6.45) is 3.13. The second-order valence-corrected chi connectivity index (χ2v) is 6.33. The molecule has 0 saturated heterocycles. The number of hydrogen-bond acceptors (Lipinski definition) is 7. The number of aromatic nitrogens is 3. The van der Waals surface area contributed by atoms with E-state index >= 15 is 0 Å². The van der Waals surface area contributed by atoms with Gasteiger partial charge in [0.15, 0.2) is 5.16 Å². The lowest BCUT2D eigenvalue weighted by atomic mass is 10.1. The van der Waals surface area contributed by atoms with E-state index in [0.717, 1.165) is 5.76 Å². The van der Waals surface area contributed by atoms with Crippen LogP contribution in [0.5, 0.6) is 0 Å². The van der Waals surface area contributed by atoms with Crippen molar-refractivity contribution in [3.05, 3.63) is 64.4 Å².